The van der Waals surface area contributed by atoms with Crippen molar-refractivity contribution in [3.8, 4) is 0 Å². The number of carbonyl (C=O) groups is 4. The van der Waals surface area contributed by atoms with Crippen LogP contribution in [0.3, 0.4) is 0 Å². The number of fused-ring (bicyclic) bond motifs is 2. The summed E-state index contributed by atoms with van der Waals surface area (Å²) in [5, 5.41) is 19.9. The number of carbonyl (C=O) groups excluding carboxylic acids is 4. The van der Waals surface area contributed by atoms with E-state index >= 15 is 0 Å². The van der Waals surface area contributed by atoms with Gasteiger partial charge in [0.15, 0.2) is 17.4 Å². The van der Waals surface area contributed by atoms with Crippen molar-refractivity contribution in [3.05, 3.63) is 45.8 Å². The zero-order valence-corrected chi connectivity index (χ0v) is 21.4. The number of nitrogens with one attached hydrogen (secondary N) is 1. The first-order chi connectivity index (χ1) is 17.8. The molecule has 0 bridgehead atoms. The molecule has 16 heteroatoms. The molecule has 0 spiro atoms. The van der Waals surface area contributed by atoms with Gasteiger partial charge in [0.2, 0.25) is 11.8 Å². The SMILES string of the molecule is CO/N=C(/C(=O)NC1C(=O)N2C(C(=O)[O-])=C(C[n+]3c(C=O)sc4ccncc43)CS[C@H]12)c1csc(N)n1. The smallest absolute Gasteiger partial charge is 0.303 e. The van der Waals surface area contributed by atoms with Gasteiger partial charge < -0.3 is 25.8 Å². The first-order valence-electron chi connectivity index (χ1n) is 10.6. The Morgan fingerprint density at radius 2 is 2.27 bits per heavy atom. The third-order valence-corrected chi connectivity index (χ3v) is 8.78. The Hall–Kier alpha value is -3.89. The summed E-state index contributed by atoms with van der Waals surface area (Å²) < 4.78 is 2.47. The van der Waals surface area contributed by atoms with E-state index in [0.717, 1.165) is 20.9 Å². The highest BCUT2D eigenvalue weighted by Crippen LogP contribution is 2.40. The van der Waals surface area contributed by atoms with E-state index in [1.807, 2.05) is 0 Å². The molecule has 2 atom stereocenters. The second-order valence-corrected chi connectivity index (χ2v) is 10.8. The highest BCUT2D eigenvalue weighted by molar-refractivity contribution is 8.00. The first kappa shape index (κ1) is 24.8. The number of anilines is 1. The maximum atomic E-state index is 13.0. The molecule has 5 heterocycles. The summed E-state index contributed by atoms with van der Waals surface area (Å²) >= 11 is 3.64. The van der Waals surface area contributed by atoms with Gasteiger partial charge in [-0.05, 0) is 6.07 Å². The number of aldehydes is 1. The minimum absolute atomic E-state index is 0.0551. The number of thioether (sulfide) groups is 1. The van der Waals surface area contributed by atoms with Gasteiger partial charge in [-0.1, -0.05) is 16.5 Å². The fourth-order valence-electron chi connectivity index (χ4n) is 4.09. The van der Waals surface area contributed by atoms with Gasteiger partial charge >= 0.3 is 5.01 Å². The van der Waals surface area contributed by atoms with Crippen LogP contribution in [-0.4, -0.2) is 68.9 Å². The second kappa shape index (κ2) is 9.87. The Bertz CT molecular complexity index is 1510. The van der Waals surface area contributed by atoms with Gasteiger partial charge in [0.05, 0.1) is 17.9 Å². The molecule has 2 aliphatic heterocycles. The number of thiazole rings is 2. The quantitative estimate of drug-likeness (QED) is 0.113. The number of oxime groups is 1. The lowest BCUT2D eigenvalue weighted by Gasteiger charge is -2.50. The van der Waals surface area contributed by atoms with E-state index in [-0.39, 0.29) is 34.5 Å². The van der Waals surface area contributed by atoms with Crippen LogP contribution in [0.5, 0.6) is 0 Å². The van der Waals surface area contributed by atoms with Gasteiger partial charge in [0.25, 0.3) is 11.8 Å². The molecule has 3 aromatic rings. The average molecular weight is 560 g/mol. The van der Waals surface area contributed by atoms with Crippen molar-refractivity contribution in [2.24, 2.45) is 5.16 Å². The third kappa shape index (κ3) is 4.32. The number of carboxylic acids is 1. The fraction of sp³-hybridized carbons (Fsp3) is 0.238. The number of carboxylic acid groups (broad SMARTS) is 1. The number of rotatable bonds is 8. The average Bonchev–Trinajstić information content (AvgIpc) is 3.48. The van der Waals surface area contributed by atoms with Crippen molar-refractivity contribution in [3.63, 3.8) is 0 Å². The van der Waals surface area contributed by atoms with E-state index in [2.05, 4.69) is 20.4 Å². The summed E-state index contributed by atoms with van der Waals surface area (Å²) in [5.41, 5.74) is 6.44. The van der Waals surface area contributed by atoms with Crippen LogP contribution in [0.1, 0.15) is 15.5 Å². The number of pyridine rings is 1. The topological polar surface area (TPSA) is 184 Å². The first-order valence-corrected chi connectivity index (χ1v) is 13.3. The van der Waals surface area contributed by atoms with Gasteiger partial charge in [-0.2, -0.15) is 4.57 Å². The van der Waals surface area contributed by atoms with Gasteiger partial charge in [-0.15, -0.1) is 23.1 Å². The fourth-order valence-corrected chi connectivity index (χ4v) is 6.91. The van der Waals surface area contributed by atoms with E-state index in [4.69, 9.17) is 10.6 Å². The molecule has 1 fully saturated rings. The summed E-state index contributed by atoms with van der Waals surface area (Å²) in [5.74, 6) is -2.63. The van der Waals surface area contributed by atoms with E-state index in [1.54, 1.807) is 23.0 Å². The molecule has 1 unspecified atom stereocenters. The van der Waals surface area contributed by atoms with Gasteiger partial charge in [0.1, 0.15) is 28.9 Å². The van der Waals surface area contributed by atoms with Crippen molar-refractivity contribution in [2.75, 3.05) is 18.6 Å². The number of aliphatic carboxylic acids is 1. The molecule has 0 saturated carbocycles. The molecule has 0 radical (unpaired) electrons. The highest BCUT2D eigenvalue weighted by Gasteiger charge is 2.53. The Labute approximate surface area is 220 Å². The molecule has 5 rings (SSSR count). The molecular formula is C21H17N7O6S3. The number of nitrogens with two attached hydrogens (primary N) is 1. The van der Waals surface area contributed by atoms with E-state index < -0.39 is 29.2 Å². The second-order valence-electron chi connectivity index (χ2n) is 7.78. The maximum absolute atomic E-state index is 13.0. The number of hydrogen-bond acceptors (Lipinski definition) is 13. The molecule has 0 aromatic carbocycles. The molecule has 2 amide bonds. The minimum Gasteiger partial charge on any atom is -0.543 e. The molecule has 1 saturated heterocycles. The van der Waals surface area contributed by atoms with Crippen LogP contribution in [0, 0.1) is 0 Å². The number of β-lactam (4-membered cyclic amide) rings is 1. The Kier molecular flexibility index (Phi) is 6.61. The van der Waals surface area contributed by atoms with Crippen LogP contribution in [0.2, 0.25) is 0 Å². The van der Waals surface area contributed by atoms with Crippen LogP contribution in [-0.2, 0) is 25.8 Å². The standard InChI is InChI=1S/C21H17N7O6S3/c1-34-26-14(10-8-36-21(22)24-10)17(30)25-15-18(31)28-16(20(32)33)9(7-35-19(15)28)5-27-11-4-23-3-2-12(11)37-13(27)6-29/h2-4,6,8,15,19H,5,7H2,1H3,(H3-,22,24,25,30,32,33)/b26-14+/t15?,19-/m1/s1. The van der Waals surface area contributed by atoms with Gasteiger partial charge in [-0.3, -0.25) is 24.3 Å². The lowest BCUT2D eigenvalue weighted by Crippen LogP contribution is -2.71. The van der Waals surface area contributed by atoms with E-state index in [1.165, 1.54) is 35.6 Å². The number of hydrogen-bond donors (Lipinski definition) is 2. The predicted octanol–water partition coefficient (Wildman–Crippen LogP) is -1.11. The summed E-state index contributed by atoms with van der Waals surface area (Å²) in [6.45, 7) is 0.0551. The Morgan fingerprint density at radius 1 is 1.46 bits per heavy atom. The lowest BCUT2D eigenvalue weighted by atomic mass is 10.0. The van der Waals surface area contributed by atoms with Crippen LogP contribution >= 0.6 is 34.4 Å². The zero-order chi connectivity index (χ0) is 26.3. The molecule has 2 aliphatic rings. The minimum atomic E-state index is -1.52. The van der Waals surface area contributed by atoms with E-state index in [9.17, 15) is 24.3 Å². The number of nitrogens with zero attached hydrogens (tertiary/aromatic N) is 5. The number of nitrogen functional groups attached to an aromatic ring is 1. The monoisotopic (exact) mass is 559 g/mol. The van der Waals surface area contributed by atoms with Crippen LogP contribution in [0.25, 0.3) is 10.2 Å². The molecule has 3 aromatic heterocycles. The molecule has 0 aliphatic carbocycles. The maximum Gasteiger partial charge on any atom is 0.303 e. The Balaban J connectivity index is 1.40. The third-order valence-electron chi connectivity index (χ3n) is 5.67. The summed E-state index contributed by atoms with van der Waals surface area (Å²) in [7, 11) is 1.26. The lowest BCUT2D eigenvalue weighted by molar-refractivity contribution is -0.660. The van der Waals surface area contributed by atoms with Crippen LogP contribution in [0.4, 0.5) is 5.13 Å². The molecule has 13 nitrogen and oxygen atoms in total. The van der Waals surface area contributed by atoms with Crippen molar-refractivity contribution < 1.29 is 33.7 Å². The predicted molar refractivity (Wildman–Crippen MR) is 132 cm³/mol. The van der Waals surface area contributed by atoms with Crippen molar-refractivity contribution >= 4 is 79.6 Å². The van der Waals surface area contributed by atoms with Crippen LogP contribution < -0.4 is 20.7 Å². The van der Waals surface area contributed by atoms with Crippen molar-refractivity contribution in [2.45, 2.75) is 18.0 Å². The normalized spacial score (nSPS) is 19.4. The Morgan fingerprint density at radius 3 is 2.95 bits per heavy atom. The summed E-state index contributed by atoms with van der Waals surface area (Å²) in [6.07, 6.45) is 3.88. The highest BCUT2D eigenvalue weighted by atomic mass is 32.2. The summed E-state index contributed by atoms with van der Waals surface area (Å²) in [4.78, 5) is 63.7. The largest absolute Gasteiger partial charge is 0.543 e. The molecule has 37 heavy (non-hydrogen) atoms. The van der Waals surface area contributed by atoms with Crippen molar-refractivity contribution in [1.82, 2.24) is 20.2 Å². The van der Waals surface area contributed by atoms with Gasteiger partial charge in [0, 0.05) is 22.9 Å². The van der Waals surface area contributed by atoms with Crippen LogP contribution in [0.15, 0.2) is 40.3 Å². The number of amides is 2. The van der Waals surface area contributed by atoms with Gasteiger partial charge in [-0.25, -0.2) is 4.98 Å². The molecular weight excluding hydrogens is 542 g/mol. The zero-order valence-electron chi connectivity index (χ0n) is 18.9. The van der Waals surface area contributed by atoms with E-state index in [0.29, 0.717) is 22.4 Å². The van der Waals surface area contributed by atoms with Crippen molar-refractivity contribution in [1.29, 1.82) is 0 Å². The molecule has 190 valence electrons. The number of aromatic nitrogens is 3. The summed E-state index contributed by atoms with van der Waals surface area (Å²) in [6, 6.07) is 0.757. The molecule has 3 N–H and O–H groups in total.